The number of nitrogens with zero attached hydrogens (tertiary/aromatic N) is 3. The fraction of sp³-hybridized carbons (Fsp3) is 0.481. The van der Waals surface area contributed by atoms with E-state index < -0.39 is 5.60 Å². The van der Waals surface area contributed by atoms with Gasteiger partial charge in [-0.25, -0.2) is 9.59 Å². The molecule has 1 N–H and O–H groups in total. The number of amides is 3. The van der Waals surface area contributed by atoms with Crippen molar-refractivity contribution in [3.8, 4) is 0 Å². The van der Waals surface area contributed by atoms with Gasteiger partial charge in [0.2, 0.25) is 0 Å². The molecule has 3 aliphatic rings. The van der Waals surface area contributed by atoms with E-state index in [9.17, 15) is 9.59 Å². The number of fused-ring (bicyclic) bond motifs is 1. The molecule has 2 aromatic carbocycles. The molecule has 3 amide bonds. The van der Waals surface area contributed by atoms with Gasteiger partial charge in [0, 0.05) is 49.9 Å². The number of ether oxygens (including phenoxy) is 1. The molecule has 0 saturated carbocycles. The number of urea groups is 1. The first kappa shape index (κ1) is 22.7. The summed E-state index contributed by atoms with van der Waals surface area (Å²) in [6, 6.07) is 19.7. The Balaban J connectivity index is 1.37. The smallest absolute Gasteiger partial charge is 0.411 e. The molecule has 1 unspecified atom stereocenters. The van der Waals surface area contributed by atoms with Gasteiger partial charge in [-0.15, -0.1) is 0 Å². The molecule has 0 bridgehead atoms. The van der Waals surface area contributed by atoms with Crippen molar-refractivity contribution in [1.29, 1.82) is 0 Å². The quantitative estimate of drug-likeness (QED) is 0.737. The van der Waals surface area contributed by atoms with Crippen LogP contribution in [0, 0.1) is 0 Å². The molecule has 3 saturated heterocycles. The van der Waals surface area contributed by atoms with Crippen LogP contribution in [0.3, 0.4) is 0 Å². The van der Waals surface area contributed by atoms with Crippen LogP contribution in [0.25, 0.3) is 0 Å². The molecule has 180 valence electrons. The summed E-state index contributed by atoms with van der Waals surface area (Å²) < 4.78 is 6.20. The molecular weight excluding hydrogens is 428 g/mol. The maximum absolute atomic E-state index is 13.3. The predicted octanol–water partition coefficient (Wildman–Crippen LogP) is 3.65. The summed E-state index contributed by atoms with van der Waals surface area (Å²) in [6.45, 7) is 6.79. The van der Waals surface area contributed by atoms with E-state index in [1.165, 1.54) is 0 Å². The molecule has 3 heterocycles. The lowest BCUT2D eigenvalue weighted by atomic mass is 9.79. The van der Waals surface area contributed by atoms with Crippen molar-refractivity contribution in [1.82, 2.24) is 20.0 Å². The molecular formula is C27H34N4O3. The lowest BCUT2D eigenvalue weighted by Gasteiger charge is -2.42. The minimum absolute atomic E-state index is 0.0389. The SMILES string of the molecule is CCCN1CCC(NC(=O)N2CCN3C(=O)OC(c4ccccc4)(c4ccccc4)C3C2)CC1. The van der Waals surface area contributed by atoms with Crippen LogP contribution in [-0.4, -0.2) is 78.2 Å². The monoisotopic (exact) mass is 462 g/mol. The topological polar surface area (TPSA) is 65.1 Å². The van der Waals surface area contributed by atoms with Gasteiger partial charge in [-0.2, -0.15) is 0 Å². The first-order valence-corrected chi connectivity index (χ1v) is 12.5. The molecule has 2 aromatic rings. The van der Waals surface area contributed by atoms with Crippen LogP contribution in [0.2, 0.25) is 0 Å². The highest BCUT2D eigenvalue weighted by atomic mass is 16.6. The molecule has 0 spiro atoms. The molecule has 0 radical (unpaired) electrons. The number of carbonyl (C=O) groups excluding carboxylic acids is 2. The number of likely N-dealkylation sites (tertiary alicyclic amines) is 1. The number of hydrogen-bond donors (Lipinski definition) is 1. The molecule has 0 aromatic heterocycles. The zero-order valence-corrected chi connectivity index (χ0v) is 19.9. The van der Waals surface area contributed by atoms with E-state index in [0.717, 1.165) is 50.0 Å². The minimum Gasteiger partial charge on any atom is -0.431 e. The van der Waals surface area contributed by atoms with Gasteiger partial charge in [0.15, 0.2) is 5.60 Å². The average Bonchev–Trinajstić information content (AvgIpc) is 3.19. The van der Waals surface area contributed by atoms with Crippen LogP contribution >= 0.6 is 0 Å². The van der Waals surface area contributed by atoms with Gasteiger partial charge < -0.3 is 19.9 Å². The Labute approximate surface area is 201 Å². The average molecular weight is 463 g/mol. The van der Waals surface area contributed by atoms with Crippen molar-refractivity contribution >= 4 is 12.1 Å². The second kappa shape index (κ2) is 9.66. The number of piperazine rings is 1. The Morgan fingerprint density at radius 1 is 0.971 bits per heavy atom. The number of carbonyl (C=O) groups is 2. The van der Waals surface area contributed by atoms with Gasteiger partial charge in [0.1, 0.15) is 6.04 Å². The van der Waals surface area contributed by atoms with Crippen molar-refractivity contribution in [3.63, 3.8) is 0 Å². The molecule has 7 nitrogen and oxygen atoms in total. The lowest BCUT2D eigenvalue weighted by Crippen LogP contribution is -2.61. The largest absolute Gasteiger partial charge is 0.431 e. The summed E-state index contributed by atoms with van der Waals surface area (Å²) in [7, 11) is 0. The highest BCUT2D eigenvalue weighted by molar-refractivity contribution is 5.77. The van der Waals surface area contributed by atoms with E-state index in [1.807, 2.05) is 65.6 Å². The lowest BCUT2D eigenvalue weighted by molar-refractivity contribution is 0.0505. The molecule has 0 aliphatic carbocycles. The third-order valence-electron chi connectivity index (χ3n) is 7.48. The second-order valence-electron chi connectivity index (χ2n) is 9.56. The van der Waals surface area contributed by atoms with Crippen LogP contribution in [-0.2, 0) is 10.3 Å². The first-order chi connectivity index (χ1) is 16.6. The highest BCUT2D eigenvalue weighted by Gasteiger charge is 2.58. The Hall–Kier alpha value is -3.06. The maximum atomic E-state index is 13.3. The number of hydrogen-bond acceptors (Lipinski definition) is 4. The first-order valence-electron chi connectivity index (χ1n) is 12.5. The summed E-state index contributed by atoms with van der Waals surface area (Å²) in [5, 5.41) is 3.27. The molecule has 3 aliphatic heterocycles. The van der Waals surface area contributed by atoms with Gasteiger partial charge in [-0.1, -0.05) is 67.6 Å². The van der Waals surface area contributed by atoms with E-state index in [2.05, 4.69) is 17.1 Å². The summed E-state index contributed by atoms with van der Waals surface area (Å²) in [6.07, 6.45) is 2.80. The zero-order chi connectivity index (χ0) is 23.5. The number of rotatable bonds is 5. The van der Waals surface area contributed by atoms with Crippen LogP contribution in [0.5, 0.6) is 0 Å². The van der Waals surface area contributed by atoms with Crippen molar-refractivity contribution < 1.29 is 14.3 Å². The maximum Gasteiger partial charge on any atom is 0.411 e. The van der Waals surface area contributed by atoms with E-state index >= 15 is 0 Å². The summed E-state index contributed by atoms with van der Waals surface area (Å²) in [4.78, 5) is 32.4. The Bertz CT molecular complexity index is 952. The number of cyclic esters (lactones) is 1. The third-order valence-corrected chi connectivity index (χ3v) is 7.48. The Morgan fingerprint density at radius 3 is 2.18 bits per heavy atom. The van der Waals surface area contributed by atoms with Gasteiger partial charge in [-0.3, -0.25) is 4.90 Å². The van der Waals surface area contributed by atoms with E-state index in [-0.39, 0.29) is 24.2 Å². The van der Waals surface area contributed by atoms with Crippen LogP contribution in [0.1, 0.15) is 37.3 Å². The van der Waals surface area contributed by atoms with Crippen molar-refractivity contribution in [2.75, 3.05) is 39.3 Å². The van der Waals surface area contributed by atoms with Crippen molar-refractivity contribution in [2.24, 2.45) is 0 Å². The second-order valence-corrected chi connectivity index (χ2v) is 9.56. The summed E-state index contributed by atoms with van der Waals surface area (Å²) in [5.74, 6) is 0. The molecule has 3 fully saturated rings. The van der Waals surface area contributed by atoms with Crippen LogP contribution in [0.15, 0.2) is 60.7 Å². The van der Waals surface area contributed by atoms with E-state index in [1.54, 1.807) is 4.90 Å². The van der Waals surface area contributed by atoms with Gasteiger partial charge >= 0.3 is 12.1 Å². The van der Waals surface area contributed by atoms with Gasteiger partial charge in [0.05, 0.1) is 0 Å². The molecule has 5 rings (SSSR count). The van der Waals surface area contributed by atoms with Crippen LogP contribution < -0.4 is 5.32 Å². The Kier molecular flexibility index (Phi) is 6.46. The molecule has 1 atom stereocenters. The van der Waals surface area contributed by atoms with Crippen molar-refractivity contribution in [2.45, 2.75) is 43.9 Å². The minimum atomic E-state index is -0.954. The highest BCUT2D eigenvalue weighted by Crippen LogP contribution is 2.45. The van der Waals surface area contributed by atoms with Crippen molar-refractivity contribution in [3.05, 3.63) is 71.8 Å². The normalized spacial score (nSPS) is 22.9. The molecule has 34 heavy (non-hydrogen) atoms. The van der Waals surface area contributed by atoms with E-state index in [4.69, 9.17) is 4.74 Å². The van der Waals surface area contributed by atoms with Gasteiger partial charge in [0.25, 0.3) is 0 Å². The summed E-state index contributed by atoms with van der Waals surface area (Å²) >= 11 is 0. The Morgan fingerprint density at radius 2 is 1.59 bits per heavy atom. The summed E-state index contributed by atoms with van der Waals surface area (Å²) in [5.41, 5.74) is 0.893. The predicted molar refractivity (Wildman–Crippen MR) is 130 cm³/mol. The number of nitrogens with one attached hydrogen (secondary N) is 1. The van der Waals surface area contributed by atoms with Crippen LogP contribution in [0.4, 0.5) is 9.59 Å². The number of benzene rings is 2. The fourth-order valence-electron chi connectivity index (χ4n) is 5.72. The third kappa shape index (κ3) is 4.13. The zero-order valence-electron chi connectivity index (χ0n) is 19.9. The standard InChI is InChI=1S/C27H34N4O3/c1-2-15-29-16-13-23(14-17-29)28-25(32)30-18-19-31-24(20-30)27(34-26(31)33,21-9-5-3-6-10-21)22-11-7-4-8-12-22/h3-12,23-24H,2,13-20H2,1H3,(H,28,32). The fourth-order valence-corrected chi connectivity index (χ4v) is 5.72. The van der Waals surface area contributed by atoms with E-state index in [0.29, 0.717) is 19.6 Å². The van der Waals surface area contributed by atoms with Gasteiger partial charge in [-0.05, 0) is 25.8 Å². The molecule has 7 heteroatoms. The number of piperidine rings is 1.